The SMILES string of the molecule is O=C(O)c1c(-c2ccccc2)ccc(-c2ccc3c(c2)CCN(C(=O)C2CCC2)C3)c1C(F)(F)F. The molecule has 1 N–H and O–H groups in total. The first-order valence-corrected chi connectivity index (χ1v) is 11.7. The van der Waals surface area contributed by atoms with E-state index < -0.39 is 23.3 Å². The molecule has 3 aromatic rings. The third-order valence-corrected chi connectivity index (χ3v) is 7.08. The summed E-state index contributed by atoms with van der Waals surface area (Å²) >= 11 is 0. The first-order chi connectivity index (χ1) is 16.7. The molecule has 1 aliphatic heterocycles. The highest BCUT2D eigenvalue weighted by Crippen LogP contribution is 2.43. The Morgan fingerprint density at radius 1 is 0.886 bits per heavy atom. The number of carbonyl (C=O) groups is 2. The van der Waals surface area contributed by atoms with Crippen molar-refractivity contribution in [2.24, 2.45) is 5.92 Å². The highest BCUT2D eigenvalue weighted by Gasteiger charge is 2.40. The summed E-state index contributed by atoms with van der Waals surface area (Å²) in [5.41, 5.74) is 0.487. The minimum Gasteiger partial charge on any atom is -0.478 e. The summed E-state index contributed by atoms with van der Waals surface area (Å²) in [6.07, 6.45) is -1.39. The second-order valence-corrected chi connectivity index (χ2v) is 9.20. The van der Waals surface area contributed by atoms with Crippen molar-refractivity contribution < 1.29 is 27.9 Å². The molecule has 0 radical (unpaired) electrons. The second kappa shape index (κ2) is 8.87. The van der Waals surface area contributed by atoms with Gasteiger partial charge in [-0.25, -0.2) is 4.79 Å². The molecular formula is C28H24F3NO3. The number of carboxylic acids is 1. The molecule has 7 heteroatoms. The topological polar surface area (TPSA) is 57.6 Å². The van der Waals surface area contributed by atoms with Crippen LogP contribution in [0.2, 0.25) is 0 Å². The molecule has 0 bridgehead atoms. The number of aromatic carboxylic acids is 1. The summed E-state index contributed by atoms with van der Waals surface area (Å²) in [6, 6.07) is 16.1. The van der Waals surface area contributed by atoms with Crippen LogP contribution in [0.1, 0.15) is 46.3 Å². The van der Waals surface area contributed by atoms with Crippen molar-refractivity contribution in [1.82, 2.24) is 4.90 Å². The van der Waals surface area contributed by atoms with E-state index in [1.165, 1.54) is 12.1 Å². The molecule has 1 amide bonds. The van der Waals surface area contributed by atoms with Crippen LogP contribution in [0, 0.1) is 5.92 Å². The zero-order valence-corrected chi connectivity index (χ0v) is 18.9. The van der Waals surface area contributed by atoms with Crippen molar-refractivity contribution in [3.05, 3.63) is 82.9 Å². The van der Waals surface area contributed by atoms with Gasteiger partial charge >= 0.3 is 12.1 Å². The van der Waals surface area contributed by atoms with Crippen LogP contribution in [0.4, 0.5) is 13.2 Å². The van der Waals surface area contributed by atoms with Crippen LogP contribution in [0.3, 0.4) is 0 Å². The highest BCUT2D eigenvalue weighted by molar-refractivity contribution is 6.00. The minimum atomic E-state index is -4.87. The molecular weight excluding hydrogens is 455 g/mol. The summed E-state index contributed by atoms with van der Waals surface area (Å²) in [5.74, 6) is -1.36. The molecule has 5 rings (SSSR count). The van der Waals surface area contributed by atoms with Gasteiger partial charge in [-0.15, -0.1) is 0 Å². The Kier molecular flexibility index (Phi) is 5.87. The molecule has 1 heterocycles. The van der Waals surface area contributed by atoms with Crippen molar-refractivity contribution in [1.29, 1.82) is 0 Å². The van der Waals surface area contributed by atoms with E-state index in [9.17, 15) is 27.9 Å². The fourth-order valence-electron chi connectivity index (χ4n) is 5.04. The van der Waals surface area contributed by atoms with E-state index in [4.69, 9.17) is 0 Å². The monoisotopic (exact) mass is 479 g/mol. The van der Waals surface area contributed by atoms with Gasteiger partial charge in [-0.05, 0) is 52.6 Å². The van der Waals surface area contributed by atoms with Crippen molar-refractivity contribution in [3.63, 3.8) is 0 Å². The van der Waals surface area contributed by atoms with Gasteiger partial charge in [-0.1, -0.05) is 67.1 Å². The van der Waals surface area contributed by atoms with Crippen LogP contribution < -0.4 is 0 Å². The Morgan fingerprint density at radius 2 is 1.60 bits per heavy atom. The van der Waals surface area contributed by atoms with E-state index >= 15 is 0 Å². The quantitative estimate of drug-likeness (QED) is 0.470. The number of carbonyl (C=O) groups excluding carboxylic acids is 1. The van der Waals surface area contributed by atoms with Gasteiger partial charge < -0.3 is 10.0 Å². The van der Waals surface area contributed by atoms with Crippen molar-refractivity contribution in [3.8, 4) is 22.3 Å². The fraction of sp³-hybridized carbons (Fsp3) is 0.286. The molecule has 0 atom stereocenters. The normalized spacial score (nSPS) is 15.9. The zero-order chi connectivity index (χ0) is 24.7. The molecule has 0 spiro atoms. The lowest BCUT2D eigenvalue weighted by Gasteiger charge is -2.35. The standard InChI is InChI=1S/C28H24F3NO3/c29-28(30,31)25-23(12-11-22(24(25)27(34)35)17-5-2-1-3-6-17)20-9-10-21-16-32(14-13-19(21)15-20)26(33)18-7-4-8-18/h1-3,5-6,9-12,15,18H,4,7-8,13-14,16H2,(H,34,35). The third kappa shape index (κ3) is 4.31. The molecule has 3 aromatic carbocycles. The summed E-state index contributed by atoms with van der Waals surface area (Å²) in [5, 5.41) is 9.85. The Hall–Kier alpha value is -3.61. The molecule has 1 fully saturated rings. The molecule has 180 valence electrons. The number of nitrogens with zero attached hydrogens (tertiary/aromatic N) is 1. The maximum atomic E-state index is 14.3. The molecule has 0 aromatic heterocycles. The molecule has 0 saturated heterocycles. The van der Waals surface area contributed by atoms with E-state index in [2.05, 4.69) is 0 Å². The maximum Gasteiger partial charge on any atom is 0.417 e. The van der Waals surface area contributed by atoms with E-state index in [1.807, 2.05) is 4.90 Å². The summed E-state index contributed by atoms with van der Waals surface area (Å²) in [6.45, 7) is 0.982. The number of hydrogen-bond donors (Lipinski definition) is 1. The van der Waals surface area contributed by atoms with Crippen LogP contribution >= 0.6 is 0 Å². The number of halogens is 3. The van der Waals surface area contributed by atoms with Crippen LogP contribution in [0.5, 0.6) is 0 Å². The maximum absolute atomic E-state index is 14.3. The predicted octanol–water partition coefficient (Wildman–Crippen LogP) is 6.42. The average Bonchev–Trinajstić information content (AvgIpc) is 2.81. The fourth-order valence-corrected chi connectivity index (χ4v) is 5.04. The number of fused-ring (bicyclic) bond motifs is 1. The van der Waals surface area contributed by atoms with Gasteiger partial charge in [0.2, 0.25) is 5.91 Å². The Morgan fingerprint density at radius 3 is 2.23 bits per heavy atom. The largest absolute Gasteiger partial charge is 0.478 e. The number of amides is 1. The van der Waals surface area contributed by atoms with Crippen LogP contribution in [0.25, 0.3) is 22.3 Å². The van der Waals surface area contributed by atoms with E-state index in [0.29, 0.717) is 30.6 Å². The van der Waals surface area contributed by atoms with Crippen LogP contribution in [-0.4, -0.2) is 28.4 Å². The number of hydrogen-bond acceptors (Lipinski definition) is 2. The van der Waals surface area contributed by atoms with Crippen LogP contribution in [0.15, 0.2) is 60.7 Å². The summed E-state index contributed by atoms with van der Waals surface area (Å²) in [7, 11) is 0. The predicted molar refractivity (Wildman–Crippen MR) is 126 cm³/mol. The Labute approximate surface area is 201 Å². The number of alkyl halides is 3. The zero-order valence-electron chi connectivity index (χ0n) is 18.9. The highest BCUT2D eigenvalue weighted by atomic mass is 19.4. The summed E-state index contributed by atoms with van der Waals surface area (Å²) in [4.78, 5) is 26.6. The van der Waals surface area contributed by atoms with Gasteiger partial charge in [0.1, 0.15) is 0 Å². The summed E-state index contributed by atoms with van der Waals surface area (Å²) < 4.78 is 43.0. The molecule has 0 unspecified atom stereocenters. The van der Waals surface area contributed by atoms with Crippen LogP contribution in [-0.2, 0) is 23.9 Å². The first kappa shape index (κ1) is 23.1. The Bertz CT molecular complexity index is 1300. The smallest absolute Gasteiger partial charge is 0.417 e. The van der Waals surface area contributed by atoms with Crippen molar-refractivity contribution >= 4 is 11.9 Å². The minimum absolute atomic E-state index is 0.0253. The first-order valence-electron chi connectivity index (χ1n) is 11.7. The van der Waals surface area contributed by atoms with Gasteiger partial charge in [0, 0.05) is 19.0 Å². The lowest BCUT2D eigenvalue weighted by Crippen LogP contribution is -2.41. The van der Waals surface area contributed by atoms with Gasteiger partial charge in [0.15, 0.2) is 0 Å². The molecule has 2 aliphatic rings. The number of benzene rings is 3. The van der Waals surface area contributed by atoms with Crippen molar-refractivity contribution in [2.45, 2.75) is 38.4 Å². The van der Waals surface area contributed by atoms with Gasteiger partial charge in [0.05, 0.1) is 11.1 Å². The second-order valence-electron chi connectivity index (χ2n) is 9.20. The van der Waals surface area contributed by atoms with Crippen molar-refractivity contribution in [2.75, 3.05) is 6.54 Å². The lowest BCUT2D eigenvalue weighted by molar-refractivity contribution is -0.139. The lowest BCUT2D eigenvalue weighted by atomic mass is 9.83. The van der Waals surface area contributed by atoms with Gasteiger partial charge in [-0.2, -0.15) is 13.2 Å². The van der Waals surface area contributed by atoms with Gasteiger partial charge in [-0.3, -0.25) is 4.79 Å². The van der Waals surface area contributed by atoms with E-state index in [0.717, 1.165) is 30.4 Å². The molecule has 1 saturated carbocycles. The molecule has 4 nitrogen and oxygen atoms in total. The molecule has 35 heavy (non-hydrogen) atoms. The van der Waals surface area contributed by atoms with E-state index in [-0.39, 0.29) is 23.0 Å². The number of carboxylic acid groups (broad SMARTS) is 1. The molecule has 1 aliphatic carbocycles. The van der Waals surface area contributed by atoms with E-state index in [1.54, 1.807) is 48.5 Å². The third-order valence-electron chi connectivity index (χ3n) is 7.08. The van der Waals surface area contributed by atoms with Gasteiger partial charge in [0.25, 0.3) is 0 Å². The number of rotatable bonds is 4. The Balaban J connectivity index is 1.57. The average molecular weight is 479 g/mol.